The minimum Gasteiger partial charge on any atom is -0.258 e. The Kier molecular flexibility index (Phi) is 7.37. The molecule has 0 atom stereocenters. The van der Waals surface area contributed by atoms with Crippen molar-refractivity contribution < 1.29 is 0 Å². The van der Waals surface area contributed by atoms with Gasteiger partial charge in [-0.25, -0.2) is 0 Å². The largest absolute Gasteiger partial charge is 0.258 e. The van der Waals surface area contributed by atoms with Gasteiger partial charge in [-0.2, -0.15) is 0 Å². The summed E-state index contributed by atoms with van der Waals surface area (Å²) in [6.07, 6.45) is 9.26. The van der Waals surface area contributed by atoms with E-state index in [1.165, 1.54) is 44.2 Å². The van der Waals surface area contributed by atoms with E-state index in [1.807, 2.05) is 18.2 Å². The second-order valence-electron chi connectivity index (χ2n) is 4.70. The molecule has 94 valence electrons. The van der Waals surface area contributed by atoms with Crippen molar-refractivity contribution in [2.24, 2.45) is 4.99 Å². The minimum absolute atomic E-state index is 1.08. The van der Waals surface area contributed by atoms with Crippen LogP contribution in [0.1, 0.15) is 58.8 Å². The van der Waals surface area contributed by atoms with Crippen LogP contribution in [0.4, 0.5) is 5.69 Å². The Morgan fingerprint density at radius 3 is 2.29 bits per heavy atom. The van der Waals surface area contributed by atoms with E-state index in [0.717, 1.165) is 12.1 Å². The number of unbranched alkanes of at least 4 members (excludes halogenated alkanes) is 5. The van der Waals surface area contributed by atoms with Gasteiger partial charge in [0.15, 0.2) is 0 Å². The van der Waals surface area contributed by atoms with Gasteiger partial charge in [0.05, 0.1) is 5.69 Å². The maximum absolute atomic E-state index is 4.61. The summed E-state index contributed by atoms with van der Waals surface area (Å²) in [5.74, 6) is 0. The van der Waals surface area contributed by atoms with Crippen molar-refractivity contribution in [2.45, 2.75) is 58.8 Å². The van der Waals surface area contributed by atoms with Crippen LogP contribution in [-0.4, -0.2) is 5.71 Å². The van der Waals surface area contributed by atoms with Crippen molar-refractivity contribution in [3.05, 3.63) is 30.3 Å². The average molecular weight is 231 g/mol. The maximum Gasteiger partial charge on any atom is 0.0628 e. The zero-order chi connectivity index (χ0) is 12.3. The van der Waals surface area contributed by atoms with Crippen molar-refractivity contribution >= 4 is 11.4 Å². The smallest absolute Gasteiger partial charge is 0.0628 e. The van der Waals surface area contributed by atoms with Crippen molar-refractivity contribution in [2.75, 3.05) is 0 Å². The summed E-state index contributed by atoms with van der Waals surface area (Å²) in [5, 5.41) is 0. The van der Waals surface area contributed by atoms with E-state index in [2.05, 4.69) is 31.0 Å². The summed E-state index contributed by atoms with van der Waals surface area (Å²) in [5.41, 5.74) is 2.34. The predicted molar refractivity (Wildman–Crippen MR) is 77.2 cm³/mol. The number of aliphatic imine (C=N–C) groups is 1. The fourth-order valence-electron chi connectivity index (χ4n) is 1.94. The second-order valence-corrected chi connectivity index (χ2v) is 4.70. The van der Waals surface area contributed by atoms with Gasteiger partial charge >= 0.3 is 0 Å². The Balaban J connectivity index is 2.17. The predicted octanol–water partition coefficient (Wildman–Crippen LogP) is 5.53. The Morgan fingerprint density at radius 2 is 1.59 bits per heavy atom. The quantitative estimate of drug-likeness (QED) is 0.412. The third kappa shape index (κ3) is 6.93. The normalized spacial score (nSPS) is 11.8. The molecule has 1 rings (SSSR count). The molecular weight excluding hydrogens is 206 g/mol. The summed E-state index contributed by atoms with van der Waals surface area (Å²) in [6.45, 7) is 4.40. The molecule has 0 aliphatic heterocycles. The van der Waals surface area contributed by atoms with Crippen LogP contribution in [-0.2, 0) is 0 Å². The van der Waals surface area contributed by atoms with Gasteiger partial charge in [0.2, 0.25) is 0 Å². The topological polar surface area (TPSA) is 12.4 Å². The summed E-state index contributed by atoms with van der Waals surface area (Å²) in [7, 11) is 0. The molecule has 0 saturated carbocycles. The van der Waals surface area contributed by atoms with Crippen LogP contribution >= 0.6 is 0 Å². The highest BCUT2D eigenvalue weighted by Crippen LogP contribution is 2.13. The van der Waals surface area contributed by atoms with E-state index in [-0.39, 0.29) is 0 Å². The SMILES string of the molecule is CCCCCCCCC(C)=Nc1ccccc1. The van der Waals surface area contributed by atoms with Gasteiger partial charge in [-0.15, -0.1) is 0 Å². The van der Waals surface area contributed by atoms with Gasteiger partial charge in [0, 0.05) is 5.71 Å². The van der Waals surface area contributed by atoms with Gasteiger partial charge in [0.1, 0.15) is 0 Å². The molecule has 17 heavy (non-hydrogen) atoms. The first-order chi connectivity index (χ1) is 8.33. The molecule has 0 amide bonds. The fraction of sp³-hybridized carbons (Fsp3) is 0.562. The van der Waals surface area contributed by atoms with Crippen LogP contribution in [0, 0.1) is 0 Å². The molecule has 0 unspecified atom stereocenters. The second kappa shape index (κ2) is 8.98. The third-order valence-electron chi connectivity index (χ3n) is 2.97. The van der Waals surface area contributed by atoms with Crippen LogP contribution < -0.4 is 0 Å². The lowest BCUT2D eigenvalue weighted by atomic mass is 10.1. The highest BCUT2D eigenvalue weighted by Gasteiger charge is 1.94. The van der Waals surface area contributed by atoms with E-state index < -0.39 is 0 Å². The van der Waals surface area contributed by atoms with Crippen LogP contribution in [0.3, 0.4) is 0 Å². The molecule has 0 spiro atoms. The molecule has 1 nitrogen and oxygen atoms in total. The van der Waals surface area contributed by atoms with Crippen molar-refractivity contribution in [1.82, 2.24) is 0 Å². The van der Waals surface area contributed by atoms with E-state index >= 15 is 0 Å². The van der Waals surface area contributed by atoms with Gasteiger partial charge in [-0.05, 0) is 31.9 Å². The molecule has 0 bridgehead atoms. The molecule has 0 N–H and O–H groups in total. The highest BCUT2D eigenvalue weighted by molar-refractivity contribution is 5.84. The van der Waals surface area contributed by atoms with Crippen LogP contribution in [0.25, 0.3) is 0 Å². The van der Waals surface area contributed by atoms with Crippen LogP contribution in [0.15, 0.2) is 35.3 Å². The zero-order valence-electron chi connectivity index (χ0n) is 11.3. The summed E-state index contributed by atoms with van der Waals surface area (Å²) < 4.78 is 0. The molecule has 0 heterocycles. The molecular formula is C16H25N. The first-order valence-electron chi connectivity index (χ1n) is 6.92. The van der Waals surface area contributed by atoms with E-state index in [1.54, 1.807) is 0 Å². The number of benzene rings is 1. The summed E-state index contributed by atoms with van der Waals surface area (Å²) in [6, 6.07) is 10.2. The Hall–Kier alpha value is -1.11. The molecule has 0 saturated heterocycles. The molecule has 0 aliphatic carbocycles. The third-order valence-corrected chi connectivity index (χ3v) is 2.97. The van der Waals surface area contributed by atoms with Crippen molar-refractivity contribution in [3.8, 4) is 0 Å². The Morgan fingerprint density at radius 1 is 0.941 bits per heavy atom. The maximum atomic E-state index is 4.61. The van der Waals surface area contributed by atoms with E-state index in [4.69, 9.17) is 0 Å². The molecule has 0 radical (unpaired) electrons. The van der Waals surface area contributed by atoms with Gasteiger partial charge < -0.3 is 0 Å². The van der Waals surface area contributed by atoms with E-state index in [9.17, 15) is 0 Å². The summed E-state index contributed by atoms with van der Waals surface area (Å²) >= 11 is 0. The van der Waals surface area contributed by atoms with Crippen LogP contribution in [0.5, 0.6) is 0 Å². The summed E-state index contributed by atoms with van der Waals surface area (Å²) in [4.78, 5) is 4.61. The molecule has 1 aromatic carbocycles. The molecule has 0 aromatic heterocycles. The highest BCUT2D eigenvalue weighted by atomic mass is 14.7. The molecule has 1 heteroatoms. The first kappa shape index (κ1) is 14.0. The van der Waals surface area contributed by atoms with Gasteiger partial charge in [-0.1, -0.05) is 57.2 Å². The molecule has 0 aliphatic rings. The van der Waals surface area contributed by atoms with Crippen molar-refractivity contribution in [3.63, 3.8) is 0 Å². The lowest BCUT2D eigenvalue weighted by Gasteiger charge is -2.01. The minimum atomic E-state index is 1.08. The number of hydrogen-bond acceptors (Lipinski definition) is 1. The lowest BCUT2D eigenvalue weighted by molar-refractivity contribution is 0.615. The fourth-order valence-corrected chi connectivity index (χ4v) is 1.94. The van der Waals surface area contributed by atoms with Gasteiger partial charge in [-0.3, -0.25) is 4.99 Å². The Bertz CT molecular complexity index is 314. The Labute approximate surface area is 106 Å². The number of rotatable bonds is 8. The average Bonchev–Trinajstić information content (AvgIpc) is 2.35. The molecule has 1 aromatic rings. The number of nitrogens with zero attached hydrogens (tertiary/aromatic N) is 1. The molecule has 0 fully saturated rings. The van der Waals surface area contributed by atoms with E-state index in [0.29, 0.717) is 0 Å². The number of para-hydroxylation sites is 1. The van der Waals surface area contributed by atoms with Gasteiger partial charge in [0.25, 0.3) is 0 Å². The van der Waals surface area contributed by atoms with Crippen molar-refractivity contribution in [1.29, 1.82) is 0 Å². The lowest BCUT2D eigenvalue weighted by Crippen LogP contribution is -1.90. The zero-order valence-corrected chi connectivity index (χ0v) is 11.3. The number of hydrogen-bond donors (Lipinski definition) is 0. The van der Waals surface area contributed by atoms with Crippen LogP contribution in [0.2, 0.25) is 0 Å². The first-order valence-corrected chi connectivity index (χ1v) is 6.92. The standard InChI is InChI=1S/C16H25N/c1-3-4-5-6-7-9-12-15(2)17-16-13-10-8-11-14-16/h8,10-11,13-14H,3-7,9,12H2,1-2H3. The monoisotopic (exact) mass is 231 g/mol.